The van der Waals surface area contributed by atoms with Crippen LogP contribution in [0.5, 0.6) is 0 Å². The molecular weight excluding hydrogens is 638 g/mol. The highest BCUT2D eigenvalue weighted by Crippen LogP contribution is 2.35. The van der Waals surface area contributed by atoms with Crippen LogP contribution in [0.2, 0.25) is 0 Å². The lowest BCUT2D eigenvalue weighted by Crippen LogP contribution is -2.20. The third kappa shape index (κ3) is 5.53. The van der Waals surface area contributed by atoms with E-state index in [9.17, 15) is 9.59 Å². The lowest BCUT2D eigenvalue weighted by molar-refractivity contribution is -0.118. The molecule has 1 atom stereocenters. The van der Waals surface area contributed by atoms with Crippen molar-refractivity contribution in [3.05, 3.63) is 77.9 Å². The van der Waals surface area contributed by atoms with Gasteiger partial charge in [0.2, 0.25) is 5.16 Å². The van der Waals surface area contributed by atoms with Gasteiger partial charge in [0.1, 0.15) is 11.7 Å². The maximum absolute atomic E-state index is 13.1. The molecule has 7 nitrogen and oxygen atoms in total. The number of rotatable bonds is 6. The van der Waals surface area contributed by atoms with Crippen LogP contribution in [0.25, 0.3) is 6.08 Å². The number of halogens is 3. The van der Waals surface area contributed by atoms with Gasteiger partial charge in [0.15, 0.2) is 5.78 Å². The molecule has 2 aromatic carbocycles. The van der Waals surface area contributed by atoms with Crippen molar-refractivity contribution >= 4 is 83.5 Å². The molecule has 1 aliphatic carbocycles. The molecule has 1 amide bonds. The van der Waals surface area contributed by atoms with E-state index in [-0.39, 0.29) is 17.4 Å². The Hall–Kier alpha value is -2.08. The minimum absolute atomic E-state index is 0.0377. The molecule has 168 valence electrons. The second-order valence-electron chi connectivity index (χ2n) is 7.14. The fraction of sp³-hybridized carbons (Fsp3) is 0.136. The van der Waals surface area contributed by atoms with E-state index in [2.05, 4.69) is 73.5 Å². The zero-order valence-corrected chi connectivity index (χ0v) is 22.7. The maximum Gasteiger partial charge on any atom is 0.250 e. The average molecular weight is 654 g/mol. The van der Waals surface area contributed by atoms with E-state index in [1.165, 1.54) is 0 Å². The molecule has 0 fully saturated rings. The monoisotopic (exact) mass is 651 g/mol. The number of ketones is 1. The largest absolute Gasteiger partial charge is 0.293 e. The molecule has 0 saturated carbocycles. The minimum atomic E-state index is -0.533. The van der Waals surface area contributed by atoms with Gasteiger partial charge in [-0.05, 0) is 36.8 Å². The number of allylic oxidation sites excluding steroid dienone is 1. The summed E-state index contributed by atoms with van der Waals surface area (Å²) in [5, 5.41) is 11.4. The number of thioether (sulfide) groups is 1. The molecule has 0 saturated heterocycles. The van der Waals surface area contributed by atoms with Gasteiger partial charge in [-0.3, -0.25) is 14.7 Å². The lowest BCUT2D eigenvalue weighted by Gasteiger charge is -2.21. The number of nitrogens with one attached hydrogen (secondary N) is 2. The van der Waals surface area contributed by atoms with Gasteiger partial charge in [0.05, 0.1) is 12.0 Å². The molecule has 33 heavy (non-hydrogen) atoms. The summed E-state index contributed by atoms with van der Waals surface area (Å²) in [6, 6.07) is 11.3. The molecule has 4 rings (SSSR count). The van der Waals surface area contributed by atoms with Crippen LogP contribution in [-0.2, 0) is 4.79 Å². The van der Waals surface area contributed by atoms with Crippen LogP contribution in [0, 0.1) is 0 Å². The first-order valence-corrected chi connectivity index (χ1v) is 13.0. The molecule has 1 aliphatic rings. The summed E-state index contributed by atoms with van der Waals surface area (Å²) < 4.78 is 2.55. The number of Topliss-reactive ketones (excluding diaryl/α,β-unsaturated/α-hetero) is 1. The number of carbonyl (C=O) groups excluding carboxylic acids is 2. The van der Waals surface area contributed by atoms with Gasteiger partial charge < -0.3 is 0 Å². The Bertz CT molecular complexity index is 1280. The van der Waals surface area contributed by atoms with E-state index < -0.39 is 5.92 Å². The number of aromatic amines is 1. The van der Waals surface area contributed by atoms with E-state index in [4.69, 9.17) is 0 Å². The van der Waals surface area contributed by atoms with Crippen molar-refractivity contribution in [3.63, 3.8) is 0 Å². The summed E-state index contributed by atoms with van der Waals surface area (Å²) in [6.45, 7) is 1.90. The maximum atomic E-state index is 13.1. The van der Waals surface area contributed by atoms with Crippen molar-refractivity contribution in [2.45, 2.75) is 18.0 Å². The zero-order chi connectivity index (χ0) is 23.5. The first-order valence-electron chi connectivity index (χ1n) is 9.66. The van der Waals surface area contributed by atoms with Crippen LogP contribution in [0.15, 0.2) is 65.6 Å². The van der Waals surface area contributed by atoms with Crippen LogP contribution in [0.1, 0.15) is 40.2 Å². The van der Waals surface area contributed by atoms with Gasteiger partial charge in [-0.1, -0.05) is 83.3 Å². The summed E-state index contributed by atoms with van der Waals surface area (Å²) >= 11 is 11.5. The van der Waals surface area contributed by atoms with Crippen molar-refractivity contribution in [2.75, 3.05) is 5.75 Å². The second kappa shape index (κ2) is 10.5. The topological polar surface area (TPSA) is 100 Å². The number of nitrogens with zero attached hydrogens (tertiary/aromatic N) is 3. The molecule has 2 N–H and O–H groups in total. The number of fused-ring (bicyclic) bond motifs is 1. The highest BCUT2D eigenvalue weighted by molar-refractivity contribution is 9.11. The number of hydrazone groups is 1. The molecule has 0 radical (unpaired) electrons. The first-order chi connectivity index (χ1) is 15.8. The van der Waals surface area contributed by atoms with Gasteiger partial charge in [-0.25, -0.2) is 10.4 Å². The smallest absolute Gasteiger partial charge is 0.250 e. The summed E-state index contributed by atoms with van der Waals surface area (Å²) in [4.78, 5) is 29.7. The first kappa shape index (κ1) is 24.1. The normalized spacial score (nSPS) is 15.5. The highest BCUT2D eigenvalue weighted by Gasteiger charge is 2.32. The van der Waals surface area contributed by atoms with E-state index in [0.717, 1.165) is 41.9 Å². The third-order valence-electron chi connectivity index (χ3n) is 4.85. The number of carbonyl (C=O) groups is 2. The van der Waals surface area contributed by atoms with Crippen LogP contribution >= 0.6 is 59.6 Å². The average Bonchev–Trinajstić information content (AvgIpc) is 3.23. The summed E-state index contributed by atoms with van der Waals surface area (Å²) in [7, 11) is 0. The van der Waals surface area contributed by atoms with E-state index in [1.807, 2.05) is 49.4 Å². The predicted molar refractivity (Wildman–Crippen MR) is 140 cm³/mol. The quantitative estimate of drug-likeness (QED) is 0.202. The predicted octanol–water partition coefficient (Wildman–Crippen LogP) is 5.72. The van der Waals surface area contributed by atoms with E-state index >= 15 is 0 Å². The molecular formula is C22H16Br3N5O2S. The van der Waals surface area contributed by atoms with Crippen molar-refractivity contribution in [2.24, 2.45) is 5.10 Å². The minimum Gasteiger partial charge on any atom is -0.293 e. The summed E-state index contributed by atoms with van der Waals surface area (Å²) in [5.74, 6) is -0.331. The van der Waals surface area contributed by atoms with Gasteiger partial charge >= 0.3 is 0 Å². The van der Waals surface area contributed by atoms with Crippen LogP contribution < -0.4 is 5.43 Å². The van der Waals surface area contributed by atoms with Gasteiger partial charge in [0, 0.05) is 24.5 Å². The van der Waals surface area contributed by atoms with Crippen LogP contribution in [0.4, 0.5) is 0 Å². The standard InChI is InChI=1S/C22H16Br3N5O2S/c1-11-7-12-5-6-13(23)8-14(12)20(32)19(11)21-27-22(30-29-21)33-10-18(31)28-26-9-15-16(24)3-2-4-17(15)25/h2-9,19H,10H2,1H3,(H,28,31)(H,27,29,30)/b26-9+. The Morgan fingerprint density at radius 3 is 2.76 bits per heavy atom. The molecule has 11 heteroatoms. The van der Waals surface area contributed by atoms with Gasteiger partial charge in [-0.2, -0.15) is 5.10 Å². The zero-order valence-electron chi connectivity index (χ0n) is 17.1. The molecule has 0 spiro atoms. The van der Waals surface area contributed by atoms with Crippen molar-refractivity contribution in [3.8, 4) is 0 Å². The molecule has 1 heterocycles. The number of hydrogen-bond acceptors (Lipinski definition) is 6. The van der Waals surface area contributed by atoms with Crippen LogP contribution in [0.3, 0.4) is 0 Å². The molecule has 0 bridgehead atoms. The Labute approximate surface area is 219 Å². The summed E-state index contributed by atoms with van der Waals surface area (Å²) in [5.41, 5.74) is 5.72. The Kier molecular flexibility index (Phi) is 7.62. The van der Waals surface area contributed by atoms with E-state index in [1.54, 1.807) is 6.21 Å². The lowest BCUT2D eigenvalue weighted by atomic mass is 9.82. The van der Waals surface area contributed by atoms with Crippen molar-refractivity contribution in [1.82, 2.24) is 20.6 Å². The third-order valence-corrected chi connectivity index (χ3v) is 7.58. The van der Waals surface area contributed by atoms with Crippen molar-refractivity contribution < 1.29 is 9.59 Å². The van der Waals surface area contributed by atoms with Crippen LogP contribution in [-0.4, -0.2) is 38.8 Å². The number of amides is 1. The number of H-pyrrole nitrogens is 1. The fourth-order valence-corrected chi connectivity index (χ4v) is 5.48. The molecule has 1 unspecified atom stereocenters. The SMILES string of the molecule is CC1=Cc2ccc(Br)cc2C(=O)C1c1nc(SCC(=O)N/N=C/c2c(Br)cccc2Br)n[nH]1. The fourth-order valence-electron chi connectivity index (χ4n) is 3.32. The number of aromatic nitrogens is 3. The number of benzene rings is 2. The second-order valence-corrected chi connectivity index (χ2v) is 10.7. The Balaban J connectivity index is 1.38. The highest BCUT2D eigenvalue weighted by atomic mass is 79.9. The van der Waals surface area contributed by atoms with Crippen molar-refractivity contribution in [1.29, 1.82) is 0 Å². The number of hydrogen-bond donors (Lipinski definition) is 2. The van der Waals surface area contributed by atoms with Gasteiger partial charge in [-0.15, -0.1) is 5.10 Å². The molecule has 0 aliphatic heterocycles. The Morgan fingerprint density at radius 1 is 1.24 bits per heavy atom. The van der Waals surface area contributed by atoms with E-state index in [0.29, 0.717) is 16.5 Å². The molecule has 1 aromatic heterocycles. The molecule has 3 aromatic rings. The summed E-state index contributed by atoms with van der Waals surface area (Å²) in [6.07, 6.45) is 3.54. The van der Waals surface area contributed by atoms with Gasteiger partial charge in [0.25, 0.3) is 5.91 Å². The Morgan fingerprint density at radius 2 is 2.00 bits per heavy atom.